The van der Waals surface area contributed by atoms with Crippen LogP contribution < -0.4 is 0 Å². The van der Waals surface area contributed by atoms with Crippen molar-refractivity contribution in [1.82, 2.24) is 4.98 Å². The zero-order chi connectivity index (χ0) is 12.7. The maximum Gasteiger partial charge on any atom is 0.0895 e. The van der Waals surface area contributed by atoms with Gasteiger partial charge in [-0.25, -0.2) is 0 Å². The lowest BCUT2D eigenvalue weighted by atomic mass is 9.99. The predicted molar refractivity (Wildman–Crippen MR) is 73.1 cm³/mol. The van der Waals surface area contributed by atoms with Crippen molar-refractivity contribution in [1.29, 1.82) is 5.26 Å². The van der Waals surface area contributed by atoms with E-state index in [0.717, 1.165) is 41.4 Å². The molecule has 0 unspecified atom stereocenters. The minimum Gasteiger partial charge on any atom is -0.251 e. The zero-order valence-electron chi connectivity index (χ0n) is 9.63. The highest BCUT2D eigenvalue weighted by atomic mass is 35.5. The molecule has 0 saturated carbocycles. The predicted octanol–water partition coefficient (Wildman–Crippen LogP) is 4.10. The Kier molecular flexibility index (Phi) is 2.89. The molecule has 0 fully saturated rings. The highest BCUT2D eigenvalue weighted by molar-refractivity contribution is 6.38. The Morgan fingerprint density at radius 2 is 2.11 bits per heavy atom. The van der Waals surface area contributed by atoms with Gasteiger partial charge in [-0.15, -0.1) is 0 Å². The van der Waals surface area contributed by atoms with E-state index in [2.05, 4.69) is 11.1 Å². The first-order valence-electron chi connectivity index (χ1n) is 5.87. The molecule has 0 N–H and O–H groups in total. The number of halogens is 2. The van der Waals surface area contributed by atoms with Gasteiger partial charge in [-0.1, -0.05) is 23.2 Å². The third kappa shape index (κ3) is 1.75. The SMILES string of the molecule is N#CCc1c2c(nc3c(Cl)cc(Cl)cc13)CCC2. The number of nitriles is 1. The van der Waals surface area contributed by atoms with Gasteiger partial charge in [-0.05, 0) is 42.5 Å². The van der Waals surface area contributed by atoms with Gasteiger partial charge in [0.2, 0.25) is 0 Å². The molecule has 0 radical (unpaired) electrons. The monoisotopic (exact) mass is 276 g/mol. The normalized spacial score (nSPS) is 13.6. The lowest BCUT2D eigenvalue weighted by Crippen LogP contribution is -1.98. The molecular weight excluding hydrogens is 267 g/mol. The van der Waals surface area contributed by atoms with Crippen molar-refractivity contribution in [3.8, 4) is 6.07 Å². The largest absolute Gasteiger partial charge is 0.251 e. The van der Waals surface area contributed by atoms with Crippen molar-refractivity contribution in [2.45, 2.75) is 25.7 Å². The third-order valence-corrected chi connectivity index (χ3v) is 3.92. The Bertz CT molecular complexity index is 686. The van der Waals surface area contributed by atoms with Crippen molar-refractivity contribution in [3.63, 3.8) is 0 Å². The van der Waals surface area contributed by atoms with E-state index in [0.29, 0.717) is 16.5 Å². The van der Waals surface area contributed by atoms with E-state index in [-0.39, 0.29) is 0 Å². The topological polar surface area (TPSA) is 36.7 Å². The second-order valence-electron chi connectivity index (χ2n) is 4.49. The molecule has 0 amide bonds. The summed E-state index contributed by atoms with van der Waals surface area (Å²) in [7, 11) is 0. The minimum absolute atomic E-state index is 0.387. The Balaban J connectivity index is 2.42. The second-order valence-corrected chi connectivity index (χ2v) is 5.33. The van der Waals surface area contributed by atoms with E-state index in [1.165, 1.54) is 5.56 Å². The van der Waals surface area contributed by atoms with Crippen LogP contribution in [0, 0.1) is 11.3 Å². The van der Waals surface area contributed by atoms with Crippen molar-refractivity contribution in [2.24, 2.45) is 0 Å². The zero-order valence-corrected chi connectivity index (χ0v) is 11.1. The van der Waals surface area contributed by atoms with Gasteiger partial charge in [0.05, 0.1) is 23.0 Å². The van der Waals surface area contributed by atoms with Crippen molar-refractivity contribution in [3.05, 3.63) is 39.0 Å². The summed E-state index contributed by atoms with van der Waals surface area (Å²) in [6.45, 7) is 0. The van der Waals surface area contributed by atoms with Crippen LogP contribution in [0.3, 0.4) is 0 Å². The van der Waals surface area contributed by atoms with E-state index in [4.69, 9.17) is 28.5 Å². The Morgan fingerprint density at radius 3 is 2.89 bits per heavy atom. The van der Waals surface area contributed by atoms with Crippen LogP contribution in [-0.2, 0) is 19.3 Å². The maximum atomic E-state index is 9.01. The van der Waals surface area contributed by atoms with Crippen LogP contribution in [0.1, 0.15) is 23.2 Å². The smallest absolute Gasteiger partial charge is 0.0895 e. The molecule has 0 saturated heterocycles. The molecule has 1 aromatic carbocycles. The van der Waals surface area contributed by atoms with Gasteiger partial charge in [0, 0.05) is 16.1 Å². The number of hydrogen-bond donors (Lipinski definition) is 0. The molecule has 0 aliphatic heterocycles. The van der Waals surface area contributed by atoms with Crippen molar-refractivity contribution >= 4 is 34.1 Å². The fourth-order valence-electron chi connectivity index (χ4n) is 2.66. The fourth-order valence-corrected chi connectivity index (χ4v) is 3.20. The first-order chi connectivity index (χ1) is 8.70. The molecule has 90 valence electrons. The van der Waals surface area contributed by atoms with Crippen LogP contribution >= 0.6 is 23.2 Å². The maximum absolute atomic E-state index is 9.01. The summed E-state index contributed by atoms with van der Waals surface area (Å²) in [6.07, 6.45) is 3.46. The van der Waals surface area contributed by atoms with E-state index < -0.39 is 0 Å². The molecule has 2 nitrogen and oxygen atoms in total. The van der Waals surface area contributed by atoms with Gasteiger partial charge < -0.3 is 0 Å². The van der Waals surface area contributed by atoms with Crippen LogP contribution in [0.4, 0.5) is 0 Å². The Hall–Kier alpha value is -1.30. The first kappa shape index (κ1) is 11.8. The summed E-state index contributed by atoms with van der Waals surface area (Å²) in [5.41, 5.74) is 4.14. The molecule has 4 heteroatoms. The highest BCUT2D eigenvalue weighted by Gasteiger charge is 2.20. The summed E-state index contributed by atoms with van der Waals surface area (Å²) < 4.78 is 0. The van der Waals surface area contributed by atoms with E-state index in [1.807, 2.05) is 6.07 Å². The molecule has 1 heterocycles. The van der Waals surface area contributed by atoms with Crippen LogP contribution in [0.15, 0.2) is 12.1 Å². The Labute approximate surface area is 115 Å². The summed E-state index contributed by atoms with van der Waals surface area (Å²) in [6, 6.07) is 5.80. The highest BCUT2D eigenvalue weighted by Crippen LogP contribution is 2.35. The van der Waals surface area contributed by atoms with E-state index >= 15 is 0 Å². The molecule has 2 aromatic rings. The molecule has 18 heavy (non-hydrogen) atoms. The van der Waals surface area contributed by atoms with Crippen LogP contribution in [0.25, 0.3) is 10.9 Å². The van der Waals surface area contributed by atoms with Crippen molar-refractivity contribution < 1.29 is 0 Å². The van der Waals surface area contributed by atoms with Gasteiger partial charge in [-0.2, -0.15) is 5.26 Å². The lowest BCUT2D eigenvalue weighted by molar-refractivity contribution is 0.899. The summed E-state index contributed by atoms with van der Waals surface area (Å²) in [5, 5.41) is 11.1. The van der Waals surface area contributed by atoms with Gasteiger partial charge in [0.1, 0.15) is 0 Å². The molecule has 3 rings (SSSR count). The number of aryl methyl sites for hydroxylation is 1. The Morgan fingerprint density at radius 1 is 1.28 bits per heavy atom. The third-order valence-electron chi connectivity index (χ3n) is 3.41. The number of benzene rings is 1. The number of hydrogen-bond acceptors (Lipinski definition) is 2. The standard InChI is InChI=1S/C14H10Cl2N2/c15-8-6-11-9(4-5-17)10-2-1-3-13(10)18-14(11)12(16)7-8/h6-7H,1-4H2. The lowest BCUT2D eigenvalue weighted by Gasteiger charge is -2.11. The summed E-state index contributed by atoms with van der Waals surface area (Å²) in [4.78, 5) is 4.64. The van der Waals surface area contributed by atoms with Gasteiger partial charge >= 0.3 is 0 Å². The molecule has 0 spiro atoms. The quantitative estimate of drug-likeness (QED) is 0.787. The average molecular weight is 277 g/mol. The summed E-state index contributed by atoms with van der Waals surface area (Å²) >= 11 is 12.3. The molecule has 1 aliphatic rings. The van der Waals surface area contributed by atoms with Gasteiger partial charge in [0.15, 0.2) is 0 Å². The number of aromatic nitrogens is 1. The van der Waals surface area contributed by atoms with Crippen LogP contribution in [0.2, 0.25) is 10.0 Å². The number of rotatable bonds is 1. The fraction of sp³-hybridized carbons (Fsp3) is 0.286. The van der Waals surface area contributed by atoms with E-state index in [1.54, 1.807) is 6.07 Å². The first-order valence-corrected chi connectivity index (χ1v) is 6.62. The summed E-state index contributed by atoms with van der Waals surface area (Å²) in [5.74, 6) is 0. The minimum atomic E-state index is 0.387. The van der Waals surface area contributed by atoms with Crippen LogP contribution in [0.5, 0.6) is 0 Å². The molecular formula is C14H10Cl2N2. The van der Waals surface area contributed by atoms with Gasteiger partial charge in [0.25, 0.3) is 0 Å². The second kappa shape index (κ2) is 4.42. The number of pyridine rings is 1. The number of nitrogens with zero attached hydrogens (tertiary/aromatic N) is 2. The van der Waals surface area contributed by atoms with E-state index in [9.17, 15) is 0 Å². The average Bonchev–Trinajstić information content (AvgIpc) is 2.78. The van der Waals surface area contributed by atoms with Crippen LogP contribution in [-0.4, -0.2) is 4.98 Å². The molecule has 0 atom stereocenters. The molecule has 1 aliphatic carbocycles. The molecule has 0 bridgehead atoms. The van der Waals surface area contributed by atoms with Gasteiger partial charge in [-0.3, -0.25) is 4.98 Å². The molecule has 1 aromatic heterocycles. The number of fused-ring (bicyclic) bond motifs is 2. The van der Waals surface area contributed by atoms with Crippen molar-refractivity contribution in [2.75, 3.05) is 0 Å².